The zero-order chi connectivity index (χ0) is 12.1. The summed E-state index contributed by atoms with van der Waals surface area (Å²) < 4.78 is 2.35. The normalized spacial score (nSPS) is 19.0. The van der Waals surface area contributed by atoms with Crippen molar-refractivity contribution in [2.24, 2.45) is 0 Å². The summed E-state index contributed by atoms with van der Waals surface area (Å²) in [5.41, 5.74) is 0. The van der Waals surface area contributed by atoms with E-state index in [0.717, 1.165) is 5.95 Å². The monoisotopic (exact) mass is 235 g/mol. The molecule has 0 bridgehead atoms. The van der Waals surface area contributed by atoms with Gasteiger partial charge in [0.2, 0.25) is 5.95 Å². The first kappa shape index (κ1) is 12.5. The fourth-order valence-electron chi connectivity index (χ4n) is 2.69. The molecule has 0 unspecified atom stereocenters. The Kier molecular flexibility index (Phi) is 4.46. The largest absolute Gasteiger partial charge is 0.353 e. The molecule has 0 aromatic carbocycles. The third kappa shape index (κ3) is 3.48. The van der Waals surface area contributed by atoms with Gasteiger partial charge in [-0.15, -0.1) is 0 Å². The fraction of sp³-hybridized carbons (Fsp3) is 0.786. The molecule has 96 valence electrons. The average molecular weight is 235 g/mol. The maximum Gasteiger partial charge on any atom is 0.203 e. The van der Waals surface area contributed by atoms with Crippen LogP contribution in [0.3, 0.4) is 0 Å². The number of hydrogen-bond acceptors (Lipinski definition) is 2. The van der Waals surface area contributed by atoms with Gasteiger partial charge in [0.1, 0.15) is 0 Å². The van der Waals surface area contributed by atoms with Crippen LogP contribution in [-0.4, -0.2) is 15.6 Å². The molecule has 0 radical (unpaired) electrons. The van der Waals surface area contributed by atoms with Crippen LogP contribution in [0.25, 0.3) is 0 Å². The molecule has 1 aromatic heterocycles. The third-order valence-electron chi connectivity index (χ3n) is 3.55. The van der Waals surface area contributed by atoms with Gasteiger partial charge in [0.05, 0.1) is 0 Å². The summed E-state index contributed by atoms with van der Waals surface area (Å²) in [5.74, 6) is 1.05. The lowest BCUT2D eigenvalue weighted by atomic mass is 9.96. The van der Waals surface area contributed by atoms with Crippen LogP contribution in [0.5, 0.6) is 0 Å². The van der Waals surface area contributed by atoms with Gasteiger partial charge in [0, 0.05) is 24.5 Å². The second-order valence-corrected chi connectivity index (χ2v) is 5.46. The molecule has 1 saturated carbocycles. The molecule has 1 aliphatic carbocycles. The molecule has 17 heavy (non-hydrogen) atoms. The molecule has 0 amide bonds. The lowest BCUT2D eigenvalue weighted by Crippen LogP contribution is -2.18. The van der Waals surface area contributed by atoms with Gasteiger partial charge in [-0.25, -0.2) is 4.98 Å². The van der Waals surface area contributed by atoms with Crippen molar-refractivity contribution in [2.75, 3.05) is 5.32 Å². The highest BCUT2D eigenvalue weighted by Crippen LogP contribution is 2.28. The van der Waals surface area contributed by atoms with Crippen LogP contribution in [-0.2, 0) is 0 Å². The molecule has 1 fully saturated rings. The highest BCUT2D eigenvalue weighted by molar-refractivity contribution is 5.27. The maximum absolute atomic E-state index is 4.44. The molecule has 0 spiro atoms. The summed E-state index contributed by atoms with van der Waals surface area (Å²) in [6, 6.07) is 1.10. The van der Waals surface area contributed by atoms with E-state index in [-0.39, 0.29) is 0 Å². The first-order chi connectivity index (χ1) is 8.27. The van der Waals surface area contributed by atoms with Gasteiger partial charge in [-0.1, -0.05) is 32.1 Å². The van der Waals surface area contributed by atoms with E-state index in [2.05, 4.69) is 34.9 Å². The molecule has 1 heterocycles. The van der Waals surface area contributed by atoms with Crippen LogP contribution in [0.15, 0.2) is 12.4 Å². The van der Waals surface area contributed by atoms with E-state index in [1.807, 2.05) is 6.20 Å². The third-order valence-corrected chi connectivity index (χ3v) is 3.55. The highest BCUT2D eigenvalue weighted by Gasteiger charge is 2.16. The van der Waals surface area contributed by atoms with E-state index in [9.17, 15) is 0 Å². The first-order valence-corrected chi connectivity index (χ1v) is 7.07. The number of anilines is 1. The van der Waals surface area contributed by atoms with Crippen molar-refractivity contribution in [3.05, 3.63) is 12.4 Å². The number of aromatic nitrogens is 2. The average Bonchev–Trinajstić information content (AvgIpc) is 2.64. The summed E-state index contributed by atoms with van der Waals surface area (Å²) in [6.45, 7) is 4.33. The number of nitrogens with zero attached hydrogens (tertiary/aromatic N) is 2. The van der Waals surface area contributed by atoms with Gasteiger partial charge in [-0.2, -0.15) is 0 Å². The molecular weight excluding hydrogens is 210 g/mol. The van der Waals surface area contributed by atoms with Crippen LogP contribution in [0, 0.1) is 0 Å². The van der Waals surface area contributed by atoms with Crippen LogP contribution >= 0.6 is 0 Å². The van der Waals surface area contributed by atoms with Crippen molar-refractivity contribution in [1.29, 1.82) is 0 Å². The lowest BCUT2D eigenvalue weighted by molar-refractivity contribution is 0.374. The van der Waals surface area contributed by atoms with Crippen LogP contribution < -0.4 is 5.32 Å². The van der Waals surface area contributed by atoms with Crippen molar-refractivity contribution in [1.82, 2.24) is 9.55 Å². The Balaban J connectivity index is 2.05. The van der Waals surface area contributed by atoms with Crippen LogP contribution in [0.2, 0.25) is 0 Å². The maximum atomic E-state index is 4.44. The molecule has 2 rings (SSSR count). The van der Waals surface area contributed by atoms with Gasteiger partial charge in [0.15, 0.2) is 0 Å². The van der Waals surface area contributed by atoms with Crippen molar-refractivity contribution in [3.63, 3.8) is 0 Å². The van der Waals surface area contributed by atoms with E-state index in [1.165, 1.54) is 44.9 Å². The predicted octanol–water partition coefficient (Wildman–Crippen LogP) is 3.99. The molecule has 3 nitrogen and oxygen atoms in total. The summed E-state index contributed by atoms with van der Waals surface area (Å²) in [7, 11) is 0. The molecular formula is C14H25N3. The molecule has 0 saturated heterocycles. The van der Waals surface area contributed by atoms with Gasteiger partial charge < -0.3 is 9.88 Å². The lowest BCUT2D eigenvalue weighted by Gasteiger charge is -2.23. The van der Waals surface area contributed by atoms with Crippen LogP contribution in [0.4, 0.5) is 5.95 Å². The Morgan fingerprint density at radius 3 is 2.47 bits per heavy atom. The standard InChI is InChI=1S/C14H25N3/c1-12(2)16-14-15-10-11-17(14)13-8-6-4-3-5-7-9-13/h10-13H,3-9H2,1-2H3,(H,15,16). The Bertz CT molecular complexity index is 322. The SMILES string of the molecule is CC(C)Nc1nccn1C1CCCCCCC1. The van der Waals surface area contributed by atoms with Crippen molar-refractivity contribution in [2.45, 2.75) is 70.9 Å². The van der Waals surface area contributed by atoms with Gasteiger partial charge in [-0.05, 0) is 26.7 Å². The van der Waals surface area contributed by atoms with Crippen molar-refractivity contribution >= 4 is 5.95 Å². The van der Waals surface area contributed by atoms with Crippen LogP contribution in [0.1, 0.15) is 64.8 Å². The number of imidazole rings is 1. The van der Waals surface area contributed by atoms with E-state index in [0.29, 0.717) is 12.1 Å². The molecule has 1 aromatic rings. The number of rotatable bonds is 3. The second-order valence-electron chi connectivity index (χ2n) is 5.46. The Hall–Kier alpha value is -0.990. The van der Waals surface area contributed by atoms with Gasteiger partial charge in [-0.3, -0.25) is 0 Å². The number of nitrogens with one attached hydrogen (secondary N) is 1. The van der Waals surface area contributed by atoms with Gasteiger partial charge >= 0.3 is 0 Å². The van der Waals surface area contributed by atoms with E-state index >= 15 is 0 Å². The highest BCUT2D eigenvalue weighted by atomic mass is 15.2. The van der Waals surface area contributed by atoms with Gasteiger partial charge in [0.25, 0.3) is 0 Å². The summed E-state index contributed by atoms with van der Waals surface area (Å²) in [5, 5.41) is 3.44. The molecule has 3 heteroatoms. The zero-order valence-corrected chi connectivity index (χ0v) is 11.2. The van der Waals surface area contributed by atoms with E-state index in [4.69, 9.17) is 0 Å². The zero-order valence-electron chi connectivity index (χ0n) is 11.2. The fourth-order valence-corrected chi connectivity index (χ4v) is 2.69. The topological polar surface area (TPSA) is 29.9 Å². The summed E-state index contributed by atoms with van der Waals surface area (Å²) in [6.07, 6.45) is 13.6. The van der Waals surface area contributed by atoms with Crippen molar-refractivity contribution < 1.29 is 0 Å². The summed E-state index contributed by atoms with van der Waals surface area (Å²) >= 11 is 0. The molecule has 1 aliphatic rings. The van der Waals surface area contributed by atoms with Crippen molar-refractivity contribution in [3.8, 4) is 0 Å². The quantitative estimate of drug-likeness (QED) is 0.858. The Labute approximate surface area is 105 Å². The predicted molar refractivity (Wildman–Crippen MR) is 72.3 cm³/mol. The number of hydrogen-bond donors (Lipinski definition) is 1. The van der Waals surface area contributed by atoms with E-state index < -0.39 is 0 Å². The minimum Gasteiger partial charge on any atom is -0.353 e. The Morgan fingerprint density at radius 2 is 1.82 bits per heavy atom. The Morgan fingerprint density at radius 1 is 1.18 bits per heavy atom. The smallest absolute Gasteiger partial charge is 0.203 e. The van der Waals surface area contributed by atoms with E-state index in [1.54, 1.807) is 0 Å². The molecule has 0 aliphatic heterocycles. The molecule has 1 N–H and O–H groups in total. The summed E-state index contributed by atoms with van der Waals surface area (Å²) in [4.78, 5) is 4.44. The second kappa shape index (κ2) is 6.08. The minimum atomic E-state index is 0.449. The molecule has 0 atom stereocenters. The minimum absolute atomic E-state index is 0.449. The first-order valence-electron chi connectivity index (χ1n) is 7.07.